The van der Waals surface area contributed by atoms with Crippen molar-refractivity contribution < 1.29 is 14.3 Å². The normalized spacial score (nSPS) is 43.6. The number of esters is 1. The van der Waals surface area contributed by atoms with Crippen molar-refractivity contribution >= 4 is 11.8 Å². The number of ether oxygens (including phenoxy) is 1. The first kappa shape index (κ1) is 11.9. The first-order chi connectivity index (χ1) is 8.45. The highest BCUT2D eigenvalue weighted by molar-refractivity contribution is 5.90. The van der Waals surface area contributed by atoms with Gasteiger partial charge in [0.25, 0.3) is 0 Å². The molecule has 2 aliphatic carbocycles. The molecule has 1 saturated heterocycles. The Balaban J connectivity index is 2.08. The van der Waals surface area contributed by atoms with Crippen LogP contribution in [0.2, 0.25) is 0 Å². The number of fused-ring (bicyclic) bond motifs is 3. The Bertz CT molecular complexity index is 462. The number of carbonyl (C=O) groups is 2. The van der Waals surface area contributed by atoms with Gasteiger partial charge in [-0.25, -0.2) is 0 Å². The molecule has 3 heteroatoms. The van der Waals surface area contributed by atoms with Crippen molar-refractivity contribution in [1.82, 2.24) is 0 Å². The average Bonchev–Trinajstić information content (AvgIpc) is 2.60. The van der Waals surface area contributed by atoms with E-state index in [1.54, 1.807) is 0 Å². The lowest BCUT2D eigenvalue weighted by atomic mass is 9.59. The largest absolute Gasteiger partial charge is 0.457 e. The van der Waals surface area contributed by atoms with Crippen molar-refractivity contribution in [2.75, 3.05) is 0 Å². The van der Waals surface area contributed by atoms with Crippen LogP contribution in [0.3, 0.4) is 0 Å². The molecule has 0 radical (unpaired) electrons. The average molecular weight is 248 g/mol. The number of allylic oxidation sites excluding steroid dienone is 1. The fraction of sp³-hybridized carbons (Fsp3) is 0.733. The monoisotopic (exact) mass is 248 g/mol. The molecule has 1 aliphatic heterocycles. The third-order valence-corrected chi connectivity index (χ3v) is 5.30. The highest BCUT2D eigenvalue weighted by Gasteiger charge is 2.55. The lowest BCUT2D eigenvalue weighted by Gasteiger charge is -2.44. The Hall–Kier alpha value is -1.12. The van der Waals surface area contributed by atoms with E-state index in [0.717, 1.165) is 24.8 Å². The summed E-state index contributed by atoms with van der Waals surface area (Å²) in [6.45, 7) is 6.09. The van der Waals surface area contributed by atoms with E-state index in [1.807, 2.05) is 13.8 Å². The lowest BCUT2D eigenvalue weighted by molar-refractivity contribution is -0.144. The summed E-state index contributed by atoms with van der Waals surface area (Å²) in [7, 11) is 0. The van der Waals surface area contributed by atoms with Crippen LogP contribution in [0.25, 0.3) is 0 Å². The van der Waals surface area contributed by atoms with Gasteiger partial charge in [0, 0.05) is 12.3 Å². The van der Waals surface area contributed by atoms with Crippen LogP contribution in [-0.2, 0) is 14.3 Å². The second kappa shape index (κ2) is 3.69. The van der Waals surface area contributed by atoms with Gasteiger partial charge in [0.1, 0.15) is 11.9 Å². The Morgan fingerprint density at radius 3 is 2.72 bits per heavy atom. The topological polar surface area (TPSA) is 43.4 Å². The van der Waals surface area contributed by atoms with E-state index in [2.05, 4.69) is 6.92 Å². The SMILES string of the molecule is CC1=C2[C@@H]3OC(=O)[C@@H](C)[C@@H]3CC[C@]2(C)C(=O)CC1. The Labute approximate surface area is 108 Å². The third-order valence-electron chi connectivity index (χ3n) is 5.30. The van der Waals surface area contributed by atoms with Crippen molar-refractivity contribution in [2.24, 2.45) is 17.3 Å². The van der Waals surface area contributed by atoms with E-state index in [0.29, 0.717) is 12.2 Å². The van der Waals surface area contributed by atoms with Crippen molar-refractivity contribution in [2.45, 2.75) is 52.6 Å². The van der Waals surface area contributed by atoms with Crippen molar-refractivity contribution in [3.8, 4) is 0 Å². The van der Waals surface area contributed by atoms with E-state index in [9.17, 15) is 9.59 Å². The maximum absolute atomic E-state index is 12.3. The van der Waals surface area contributed by atoms with Gasteiger partial charge >= 0.3 is 5.97 Å². The van der Waals surface area contributed by atoms with E-state index in [1.165, 1.54) is 5.57 Å². The summed E-state index contributed by atoms with van der Waals surface area (Å²) in [5.74, 6) is 0.503. The summed E-state index contributed by atoms with van der Waals surface area (Å²) in [5, 5.41) is 0. The smallest absolute Gasteiger partial charge is 0.309 e. The van der Waals surface area contributed by atoms with Crippen LogP contribution < -0.4 is 0 Å². The molecule has 1 saturated carbocycles. The number of hydrogen-bond donors (Lipinski definition) is 0. The zero-order valence-corrected chi connectivity index (χ0v) is 11.3. The molecule has 3 aliphatic rings. The molecule has 3 nitrogen and oxygen atoms in total. The van der Waals surface area contributed by atoms with Crippen molar-refractivity contribution in [1.29, 1.82) is 0 Å². The van der Waals surface area contributed by atoms with Gasteiger partial charge < -0.3 is 4.74 Å². The van der Waals surface area contributed by atoms with Crippen molar-refractivity contribution in [3.05, 3.63) is 11.1 Å². The van der Waals surface area contributed by atoms with E-state index >= 15 is 0 Å². The molecule has 4 atom stereocenters. The number of Topliss-reactive ketones (excluding diaryl/α,β-unsaturated/α-hetero) is 1. The molecule has 0 N–H and O–H groups in total. The van der Waals surface area contributed by atoms with Crippen LogP contribution in [0.4, 0.5) is 0 Å². The van der Waals surface area contributed by atoms with Gasteiger partial charge in [-0.05, 0) is 38.7 Å². The maximum atomic E-state index is 12.3. The van der Waals surface area contributed by atoms with Crippen LogP contribution in [0.1, 0.15) is 46.5 Å². The number of carbonyl (C=O) groups excluding carboxylic acids is 2. The van der Waals surface area contributed by atoms with Gasteiger partial charge in [0.15, 0.2) is 0 Å². The van der Waals surface area contributed by atoms with Crippen LogP contribution in [0.15, 0.2) is 11.1 Å². The molecule has 98 valence electrons. The molecule has 18 heavy (non-hydrogen) atoms. The molecule has 0 aromatic carbocycles. The van der Waals surface area contributed by atoms with Crippen LogP contribution in [-0.4, -0.2) is 17.9 Å². The molecule has 2 fully saturated rings. The molecule has 0 aromatic rings. The maximum Gasteiger partial charge on any atom is 0.309 e. The Morgan fingerprint density at radius 1 is 1.28 bits per heavy atom. The van der Waals surface area contributed by atoms with Gasteiger partial charge in [-0.2, -0.15) is 0 Å². The first-order valence-corrected chi connectivity index (χ1v) is 6.89. The summed E-state index contributed by atoms with van der Waals surface area (Å²) in [5.41, 5.74) is 2.04. The molecular formula is C15H20O3. The minimum absolute atomic E-state index is 0.0168. The molecule has 0 unspecified atom stereocenters. The van der Waals surface area contributed by atoms with Crippen LogP contribution in [0, 0.1) is 17.3 Å². The molecule has 0 bridgehead atoms. The summed E-state index contributed by atoms with van der Waals surface area (Å²) >= 11 is 0. The van der Waals surface area contributed by atoms with E-state index in [-0.39, 0.29) is 29.3 Å². The highest BCUT2D eigenvalue weighted by Crippen LogP contribution is 2.53. The van der Waals surface area contributed by atoms with Crippen molar-refractivity contribution in [3.63, 3.8) is 0 Å². The zero-order chi connectivity index (χ0) is 13.1. The standard InChI is InChI=1S/C15H20O3/c1-8-4-5-11(16)15(3)7-6-10-9(2)14(17)18-13(10)12(8)15/h9-10,13H,4-7H2,1-3H3/t9-,10-,13+,15+/m0/s1. The van der Waals surface area contributed by atoms with E-state index in [4.69, 9.17) is 4.74 Å². The van der Waals surface area contributed by atoms with E-state index < -0.39 is 0 Å². The van der Waals surface area contributed by atoms with Crippen LogP contribution in [0.5, 0.6) is 0 Å². The number of hydrogen-bond acceptors (Lipinski definition) is 3. The van der Waals surface area contributed by atoms with Gasteiger partial charge in [-0.1, -0.05) is 12.5 Å². The summed E-state index contributed by atoms with van der Waals surface area (Å²) < 4.78 is 5.58. The molecule has 1 heterocycles. The minimum atomic E-state index is -0.367. The first-order valence-electron chi connectivity index (χ1n) is 6.89. The Morgan fingerprint density at radius 2 is 2.00 bits per heavy atom. The van der Waals surface area contributed by atoms with Crippen LogP contribution >= 0.6 is 0 Å². The second-order valence-electron chi connectivity index (χ2n) is 6.30. The minimum Gasteiger partial charge on any atom is -0.457 e. The lowest BCUT2D eigenvalue weighted by Crippen LogP contribution is -2.45. The van der Waals surface area contributed by atoms with Gasteiger partial charge in [0.2, 0.25) is 0 Å². The molecule has 0 amide bonds. The summed E-state index contributed by atoms with van der Waals surface area (Å²) in [6.07, 6.45) is 3.15. The second-order valence-corrected chi connectivity index (χ2v) is 6.30. The quantitative estimate of drug-likeness (QED) is 0.489. The van der Waals surface area contributed by atoms with Gasteiger partial charge in [-0.15, -0.1) is 0 Å². The predicted octanol–water partition coefficient (Wildman–Crippen LogP) is 2.64. The number of ketones is 1. The summed E-state index contributed by atoms with van der Waals surface area (Å²) in [6, 6.07) is 0. The molecular weight excluding hydrogens is 228 g/mol. The summed E-state index contributed by atoms with van der Waals surface area (Å²) in [4.78, 5) is 24.1. The van der Waals surface area contributed by atoms with Gasteiger partial charge in [-0.3, -0.25) is 9.59 Å². The predicted molar refractivity (Wildman–Crippen MR) is 66.8 cm³/mol. The fourth-order valence-corrected chi connectivity index (χ4v) is 4.05. The fourth-order valence-electron chi connectivity index (χ4n) is 4.05. The molecule has 3 rings (SSSR count). The zero-order valence-electron chi connectivity index (χ0n) is 11.3. The number of rotatable bonds is 0. The third kappa shape index (κ3) is 1.36. The Kier molecular flexibility index (Phi) is 2.45. The molecule has 0 aromatic heterocycles. The van der Waals surface area contributed by atoms with Gasteiger partial charge in [0.05, 0.1) is 11.3 Å². The molecule has 0 spiro atoms. The highest BCUT2D eigenvalue weighted by atomic mass is 16.6.